The van der Waals surface area contributed by atoms with Gasteiger partial charge in [0.1, 0.15) is 0 Å². The van der Waals surface area contributed by atoms with Gasteiger partial charge in [-0.25, -0.2) is 0 Å². The van der Waals surface area contributed by atoms with Crippen LogP contribution in [0.1, 0.15) is 13.3 Å². The van der Waals surface area contributed by atoms with Crippen molar-refractivity contribution in [2.24, 2.45) is 0 Å². The van der Waals surface area contributed by atoms with Gasteiger partial charge in [-0.05, 0) is 60.2 Å². The monoisotopic (exact) mass is 291 g/mol. The van der Waals surface area contributed by atoms with Crippen LogP contribution >= 0.6 is 22.6 Å². The third-order valence-electron chi connectivity index (χ3n) is 1.74. The molecule has 13 heavy (non-hydrogen) atoms. The van der Waals surface area contributed by atoms with Crippen molar-refractivity contribution >= 4 is 28.3 Å². The lowest BCUT2D eigenvalue weighted by Gasteiger charge is -2.07. The van der Waals surface area contributed by atoms with E-state index >= 15 is 0 Å². The molecule has 72 valence electrons. The molecule has 0 saturated carbocycles. The van der Waals surface area contributed by atoms with E-state index in [1.165, 1.54) is 3.57 Å². The summed E-state index contributed by atoms with van der Waals surface area (Å²) in [5.74, 6) is 0. The first kappa shape index (κ1) is 10.8. The van der Waals surface area contributed by atoms with Gasteiger partial charge in [0.2, 0.25) is 0 Å². The number of aliphatic hydroxyl groups excluding tert-OH is 1. The van der Waals surface area contributed by atoms with E-state index in [0.717, 1.165) is 18.7 Å². The smallest absolute Gasteiger partial charge is 0.0528 e. The van der Waals surface area contributed by atoms with Crippen LogP contribution in [0.15, 0.2) is 24.3 Å². The second-order valence-electron chi connectivity index (χ2n) is 3.07. The number of hydrogen-bond acceptors (Lipinski definition) is 2. The summed E-state index contributed by atoms with van der Waals surface area (Å²) >= 11 is 2.28. The lowest BCUT2D eigenvalue weighted by molar-refractivity contribution is 0.189. The molecule has 0 bridgehead atoms. The molecule has 0 saturated heterocycles. The molecule has 0 spiro atoms. The highest BCUT2D eigenvalue weighted by Gasteiger charge is 1.95. The standard InChI is InChI=1S/C10H14INO/c1-8(13)6-7-12-10-4-2-9(11)3-5-10/h2-5,8,12-13H,6-7H2,1H3. The number of hydrogen-bond donors (Lipinski definition) is 2. The number of nitrogens with one attached hydrogen (secondary N) is 1. The number of anilines is 1. The Labute approximate surface area is 92.5 Å². The fourth-order valence-electron chi connectivity index (χ4n) is 0.993. The summed E-state index contributed by atoms with van der Waals surface area (Å²) in [7, 11) is 0. The molecule has 0 aliphatic rings. The fourth-order valence-corrected chi connectivity index (χ4v) is 1.35. The lowest BCUT2D eigenvalue weighted by Crippen LogP contribution is -2.09. The third kappa shape index (κ3) is 4.47. The van der Waals surface area contributed by atoms with Gasteiger partial charge in [0.05, 0.1) is 6.10 Å². The van der Waals surface area contributed by atoms with Crippen LogP contribution in [0.25, 0.3) is 0 Å². The molecule has 3 heteroatoms. The van der Waals surface area contributed by atoms with Gasteiger partial charge in [0.15, 0.2) is 0 Å². The van der Waals surface area contributed by atoms with Crippen LogP contribution in [0.4, 0.5) is 5.69 Å². The summed E-state index contributed by atoms with van der Waals surface area (Å²) in [6.45, 7) is 2.62. The summed E-state index contributed by atoms with van der Waals surface area (Å²) in [6, 6.07) is 8.21. The van der Waals surface area contributed by atoms with Crippen molar-refractivity contribution in [1.82, 2.24) is 0 Å². The number of rotatable bonds is 4. The third-order valence-corrected chi connectivity index (χ3v) is 2.45. The molecule has 0 aromatic heterocycles. The van der Waals surface area contributed by atoms with Crippen molar-refractivity contribution < 1.29 is 5.11 Å². The molecule has 0 aliphatic carbocycles. The average Bonchev–Trinajstić information content (AvgIpc) is 2.08. The van der Waals surface area contributed by atoms with Crippen molar-refractivity contribution in [2.75, 3.05) is 11.9 Å². The minimum atomic E-state index is -0.226. The van der Waals surface area contributed by atoms with Crippen LogP contribution in [-0.2, 0) is 0 Å². The van der Waals surface area contributed by atoms with Gasteiger partial charge >= 0.3 is 0 Å². The van der Waals surface area contributed by atoms with Crippen molar-refractivity contribution in [1.29, 1.82) is 0 Å². The average molecular weight is 291 g/mol. The van der Waals surface area contributed by atoms with E-state index in [1.807, 2.05) is 12.1 Å². The normalized spacial score (nSPS) is 12.5. The van der Waals surface area contributed by atoms with Crippen molar-refractivity contribution in [3.05, 3.63) is 27.8 Å². The summed E-state index contributed by atoms with van der Waals surface area (Å²) < 4.78 is 1.23. The molecule has 0 amide bonds. The fraction of sp³-hybridized carbons (Fsp3) is 0.400. The first-order valence-corrected chi connectivity index (χ1v) is 5.44. The minimum Gasteiger partial charge on any atom is -0.393 e. The highest BCUT2D eigenvalue weighted by Crippen LogP contribution is 2.10. The van der Waals surface area contributed by atoms with Crippen LogP contribution in [0.3, 0.4) is 0 Å². The molecule has 1 aromatic rings. The predicted molar refractivity (Wildman–Crippen MR) is 63.9 cm³/mol. The van der Waals surface area contributed by atoms with E-state index in [4.69, 9.17) is 5.11 Å². The van der Waals surface area contributed by atoms with E-state index in [-0.39, 0.29) is 6.10 Å². The molecular weight excluding hydrogens is 277 g/mol. The maximum absolute atomic E-state index is 9.03. The molecule has 1 aromatic carbocycles. The molecule has 0 fully saturated rings. The molecule has 2 N–H and O–H groups in total. The lowest BCUT2D eigenvalue weighted by atomic mass is 10.2. The van der Waals surface area contributed by atoms with Crippen LogP contribution in [0, 0.1) is 3.57 Å². The van der Waals surface area contributed by atoms with E-state index in [2.05, 4.69) is 40.0 Å². The topological polar surface area (TPSA) is 32.3 Å². The Morgan fingerprint density at radius 1 is 1.38 bits per heavy atom. The summed E-state index contributed by atoms with van der Waals surface area (Å²) in [5, 5.41) is 12.3. The highest BCUT2D eigenvalue weighted by atomic mass is 127. The Balaban J connectivity index is 2.33. The first-order chi connectivity index (χ1) is 6.18. The zero-order valence-corrected chi connectivity index (χ0v) is 9.78. The van der Waals surface area contributed by atoms with E-state index < -0.39 is 0 Å². The second-order valence-corrected chi connectivity index (χ2v) is 4.32. The Bertz CT molecular complexity index is 246. The Morgan fingerprint density at radius 3 is 2.54 bits per heavy atom. The number of benzene rings is 1. The Kier molecular flexibility index (Phi) is 4.52. The predicted octanol–water partition coefficient (Wildman–Crippen LogP) is 2.47. The second kappa shape index (κ2) is 5.44. The molecule has 0 heterocycles. The van der Waals surface area contributed by atoms with E-state index in [0.29, 0.717) is 0 Å². The van der Waals surface area contributed by atoms with Crippen molar-refractivity contribution in [2.45, 2.75) is 19.4 Å². The molecule has 0 aliphatic heterocycles. The maximum atomic E-state index is 9.03. The van der Waals surface area contributed by atoms with Gasteiger partial charge in [-0.3, -0.25) is 0 Å². The van der Waals surface area contributed by atoms with Crippen LogP contribution in [0.2, 0.25) is 0 Å². The Morgan fingerprint density at radius 2 is 2.00 bits per heavy atom. The zero-order chi connectivity index (χ0) is 9.68. The molecule has 2 nitrogen and oxygen atoms in total. The molecule has 0 radical (unpaired) electrons. The van der Waals surface area contributed by atoms with E-state index in [9.17, 15) is 0 Å². The summed E-state index contributed by atoms with van der Waals surface area (Å²) in [6.07, 6.45) is 0.558. The SMILES string of the molecule is CC(O)CCNc1ccc(I)cc1. The van der Waals surface area contributed by atoms with Gasteiger partial charge in [-0.2, -0.15) is 0 Å². The molecule has 1 unspecified atom stereocenters. The van der Waals surface area contributed by atoms with E-state index in [1.54, 1.807) is 6.92 Å². The van der Waals surface area contributed by atoms with Crippen LogP contribution in [-0.4, -0.2) is 17.8 Å². The van der Waals surface area contributed by atoms with Gasteiger partial charge in [0, 0.05) is 15.8 Å². The van der Waals surface area contributed by atoms with Gasteiger partial charge < -0.3 is 10.4 Å². The number of halogens is 1. The molecule has 1 rings (SSSR count). The van der Waals surface area contributed by atoms with Crippen molar-refractivity contribution in [3.8, 4) is 0 Å². The van der Waals surface area contributed by atoms with Crippen LogP contribution in [0.5, 0.6) is 0 Å². The minimum absolute atomic E-state index is 0.226. The quantitative estimate of drug-likeness (QED) is 0.835. The maximum Gasteiger partial charge on any atom is 0.0528 e. The first-order valence-electron chi connectivity index (χ1n) is 4.36. The zero-order valence-electron chi connectivity index (χ0n) is 7.63. The largest absolute Gasteiger partial charge is 0.393 e. The highest BCUT2D eigenvalue weighted by molar-refractivity contribution is 14.1. The Hall–Kier alpha value is -0.290. The molecule has 1 atom stereocenters. The molecular formula is C10H14INO. The number of aliphatic hydroxyl groups is 1. The van der Waals surface area contributed by atoms with Gasteiger partial charge in [-0.1, -0.05) is 0 Å². The van der Waals surface area contributed by atoms with Gasteiger partial charge in [-0.15, -0.1) is 0 Å². The summed E-state index contributed by atoms with van der Waals surface area (Å²) in [5.41, 5.74) is 1.11. The van der Waals surface area contributed by atoms with Crippen molar-refractivity contribution in [3.63, 3.8) is 0 Å². The van der Waals surface area contributed by atoms with Crippen LogP contribution < -0.4 is 5.32 Å². The van der Waals surface area contributed by atoms with Gasteiger partial charge in [0.25, 0.3) is 0 Å². The summed E-state index contributed by atoms with van der Waals surface area (Å²) in [4.78, 5) is 0.